The standard InChI is InChI=1S/C28H33NO5S/c1-20-16-26(34-14-5-15-35(3,32)33)17-21(2)28(20)24-7-4-6-23(18-24)19-29-25-11-8-22(9-12-25)10-13-27(30)31/h4,6-9,11-12,16-18,29H,5,10,13-15,19H2,1-3H3,(H,30,31). The summed E-state index contributed by atoms with van der Waals surface area (Å²) in [6, 6.07) is 20.3. The average Bonchev–Trinajstić information content (AvgIpc) is 2.79. The van der Waals surface area contributed by atoms with E-state index in [9.17, 15) is 13.2 Å². The summed E-state index contributed by atoms with van der Waals surface area (Å²) >= 11 is 0. The number of sulfone groups is 1. The number of carboxylic acid groups (broad SMARTS) is 1. The van der Waals surface area contributed by atoms with Gasteiger partial charge in [0, 0.05) is 24.9 Å². The highest BCUT2D eigenvalue weighted by molar-refractivity contribution is 7.90. The third-order valence-corrected chi connectivity index (χ3v) is 6.76. The molecule has 3 aromatic rings. The van der Waals surface area contributed by atoms with E-state index in [1.165, 1.54) is 6.26 Å². The molecule has 0 spiro atoms. The molecule has 0 aliphatic rings. The molecular weight excluding hydrogens is 462 g/mol. The first-order valence-corrected chi connectivity index (χ1v) is 13.7. The number of rotatable bonds is 12. The Kier molecular flexibility index (Phi) is 8.93. The van der Waals surface area contributed by atoms with Crippen molar-refractivity contribution in [3.05, 3.63) is 82.9 Å². The van der Waals surface area contributed by atoms with Gasteiger partial charge in [-0.2, -0.15) is 0 Å². The summed E-state index contributed by atoms with van der Waals surface area (Å²) in [6.45, 7) is 5.15. The molecule has 0 aromatic heterocycles. The van der Waals surface area contributed by atoms with E-state index >= 15 is 0 Å². The van der Waals surface area contributed by atoms with Gasteiger partial charge in [-0.15, -0.1) is 0 Å². The lowest BCUT2D eigenvalue weighted by molar-refractivity contribution is -0.136. The van der Waals surface area contributed by atoms with E-state index in [2.05, 4.69) is 43.4 Å². The molecule has 35 heavy (non-hydrogen) atoms. The summed E-state index contributed by atoms with van der Waals surface area (Å²) in [5, 5.41) is 12.3. The third-order valence-electron chi connectivity index (χ3n) is 5.73. The molecule has 0 amide bonds. The van der Waals surface area contributed by atoms with Gasteiger partial charge in [0.25, 0.3) is 0 Å². The fraction of sp³-hybridized carbons (Fsp3) is 0.321. The minimum absolute atomic E-state index is 0.124. The Morgan fingerprint density at radius 3 is 2.29 bits per heavy atom. The maximum atomic E-state index is 11.3. The molecule has 0 saturated carbocycles. The van der Waals surface area contributed by atoms with E-state index in [4.69, 9.17) is 9.84 Å². The van der Waals surface area contributed by atoms with Crippen LogP contribution in [0.1, 0.15) is 35.1 Å². The number of benzene rings is 3. The summed E-state index contributed by atoms with van der Waals surface area (Å²) in [5.74, 6) is 0.0878. The maximum absolute atomic E-state index is 11.3. The van der Waals surface area contributed by atoms with Gasteiger partial charge in [0.2, 0.25) is 0 Å². The van der Waals surface area contributed by atoms with Crippen LogP contribution in [0.3, 0.4) is 0 Å². The van der Waals surface area contributed by atoms with Crippen LogP contribution in [0.25, 0.3) is 11.1 Å². The molecule has 3 aromatic carbocycles. The highest BCUT2D eigenvalue weighted by Gasteiger charge is 2.10. The Morgan fingerprint density at radius 2 is 1.66 bits per heavy atom. The average molecular weight is 496 g/mol. The number of anilines is 1. The summed E-state index contributed by atoms with van der Waals surface area (Å²) in [5.41, 5.74) is 7.64. The lowest BCUT2D eigenvalue weighted by Crippen LogP contribution is -2.08. The number of nitrogens with one attached hydrogen (secondary N) is 1. The summed E-state index contributed by atoms with van der Waals surface area (Å²) < 4.78 is 28.4. The van der Waals surface area contributed by atoms with Crippen LogP contribution in [-0.2, 0) is 27.6 Å². The molecule has 0 aliphatic heterocycles. The molecule has 0 heterocycles. The van der Waals surface area contributed by atoms with E-state index in [0.29, 0.717) is 26.0 Å². The van der Waals surface area contributed by atoms with Gasteiger partial charge >= 0.3 is 5.97 Å². The van der Waals surface area contributed by atoms with E-state index in [1.54, 1.807) is 0 Å². The van der Waals surface area contributed by atoms with Gasteiger partial charge in [0.05, 0.1) is 12.4 Å². The van der Waals surface area contributed by atoms with Crippen molar-refractivity contribution in [1.82, 2.24) is 0 Å². The molecule has 2 N–H and O–H groups in total. The monoisotopic (exact) mass is 495 g/mol. The van der Waals surface area contributed by atoms with Gasteiger partial charge in [-0.3, -0.25) is 4.79 Å². The van der Waals surface area contributed by atoms with Crippen molar-refractivity contribution in [2.45, 2.75) is 39.7 Å². The number of carboxylic acids is 1. The van der Waals surface area contributed by atoms with Crippen LogP contribution in [0.4, 0.5) is 5.69 Å². The zero-order valence-electron chi connectivity index (χ0n) is 20.5. The van der Waals surface area contributed by atoms with Crippen LogP contribution in [0.15, 0.2) is 60.7 Å². The van der Waals surface area contributed by atoms with Crippen molar-refractivity contribution in [3.63, 3.8) is 0 Å². The second-order valence-electron chi connectivity index (χ2n) is 8.91. The van der Waals surface area contributed by atoms with Gasteiger partial charge in [0.1, 0.15) is 15.6 Å². The normalized spacial score (nSPS) is 11.3. The van der Waals surface area contributed by atoms with Crippen LogP contribution >= 0.6 is 0 Å². The second-order valence-corrected chi connectivity index (χ2v) is 11.2. The van der Waals surface area contributed by atoms with Crippen LogP contribution in [0, 0.1) is 13.8 Å². The minimum atomic E-state index is -2.98. The zero-order chi connectivity index (χ0) is 25.4. The summed E-state index contributed by atoms with van der Waals surface area (Å²) in [4.78, 5) is 10.7. The number of aliphatic carboxylic acids is 1. The highest BCUT2D eigenvalue weighted by Crippen LogP contribution is 2.31. The quantitative estimate of drug-likeness (QED) is 0.326. The second kappa shape index (κ2) is 11.9. The third kappa shape index (κ3) is 8.44. The predicted octanol–water partition coefficient (Wildman–Crippen LogP) is 5.41. The van der Waals surface area contributed by atoms with Crippen molar-refractivity contribution in [2.24, 2.45) is 0 Å². The molecule has 0 radical (unpaired) electrons. The van der Waals surface area contributed by atoms with Crippen LogP contribution < -0.4 is 10.1 Å². The fourth-order valence-electron chi connectivity index (χ4n) is 4.06. The number of ether oxygens (including phenoxy) is 1. The molecule has 0 saturated heterocycles. The van der Waals surface area contributed by atoms with Crippen LogP contribution in [-0.4, -0.2) is 38.1 Å². The first-order chi connectivity index (χ1) is 16.6. The van der Waals surface area contributed by atoms with Crippen molar-refractivity contribution in [3.8, 4) is 16.9 Å². The van der Waals surface area contributed by atoms with Gasteiger partial charge < -0.3 is 15.2 Å². The molecule has 0 atom stereocenters. The summed E-state index contributed by atoms with van der Waals surface area (Å²) in [6.07, 6.45) is 2.37. The van der Waals surface area contributed by atoms with Gasteiger partial charge in [0.15, 0.2) is 0 Å². The molecule has 0 unspecified atom stereocenters. The Labute approximate surface area is 207 Å². The molecule has 3 rings (SSSR count). The van der Waals surface area contributed by atoms with E-state index < -0.39 is 15.8 Å². The maximum Gasteiger partial charge on any atom is 0.303 e. The number of carbonyl (C=O) groups is 1. The molecule has 6 nitrogen and oxygen atoms in total. The van der Waals surface area contributed by atoms with Gasteiger partial charge in [-0.25, -0.2) is 8.42 Å². The van der Waals surface area contributed by atoms with Crippen molar-refractivity contribution >= 4 is 21.5 Å². The first-order valence-electron chi connectivity index (χ1n) is 11.7. The molecule has 7 heteroatoms. The predicted molar refractivity (Wildman–Crippen MR) is 141 cm³/mol. The lowest BCUT2D eigenvalue weighted by Gasteiger charge is -2.15. The number of hydrogen-bond acceptors (Lipinski definition) is 5. The van der Waals surface area contributed by atoms with Gasteiger partial charge in [-0.05, 0) is 90.4 Å². The van der Waals surface area contributed by atoms with Crippen molar-refractivity contribution in [1.29, 1.82) is 0 Å². The first kappa shape index (κ1) is 26.3. The fourth-order valence-corrected chi connectivity index (χ4v) is 4.70. The topological polar surface area (TPSA) is 92.7 Å². The molecule has 0 bridgehead atoms. The Balaban J connectivity index is 1.64. The number of hydrogen-bond donors (Lipinski definition) is 2. The molecule has 0 fully saturated rings. The SMILES string of the molecule is Cc1cc(OCCCS(C)(=O)=O)cc(C)c1-c1cccc(CNc2ccc(CCC(=O)O)cc2)c1. The van der Waals surface area contributed by atoms with E-state index in [-0.39, 0.29) is 12.2 Å². The molecule has 0 aliphatic carbocycles. The lowest BCUT2D eigenvalue weighted by atomic mass is 9.94. The summed E-state index contributed by atoms with van der Waals surface area (Å²) in [7, 11) is -2.98. The van der Waals surface area contributed by atoms with E-state index in [0.717, 1.165) is 44.8 Å². The largest absolute Gasteiger partial charge is 0.494 e. The highest BCUT2D eigenvalue weighted by atomic mass is 32.2. The number of aryl methyl sites for hydroxylation is 3. The Hall–Kier alpha value is -3.32. The Bertz CT molecular complexity index is 1240. The van der Waals surface area contributed by atoms with Gasteiger partial charge in [-0.1, -0.05) is 30.3 Å². The molecular formula is C28H33NO5S. The zero-order valence-corrected chi connectivity index (χ0v) is 21.3. The minimum Gasteiger partial charge on any atom is -0.494 e. The Morgan fingerprint density at radius 1 is 0.971 bits per heavy atom. The van der Waals surface area contributed by atoms with Crippen LogP contribution in [0.5, 0.6) is 5.75 Å². The van der Waals surface area contributed by atoms with E-state index in [1.807, 2.05) is 36.4 Å². The van der Waals surface area contributed by atoms with Crippen molar-refractivity contribution in [2.75, 3.05) is 23.9 Å². The smallest absolute Gasteiger partial charge is 0.303 e. The molecule has 186 valence electrons. The van der Waals surface area contributed by atoms with Crippen molar-refractivity contribution < 1.29 is 23.1 Å². The van der Waals surface area contributed by atoms with Crippen LogP contribution in [0.2, 0.25) is 0 Å².